The molecule has 2 aromatic carbocycles. The Hall–Kier alpha value is -2.21. The first-order chi connectivity index (χ1) is 14.2. The Morgan fingerprint density at radius 2 is 1.90 bits per heavy atom. The highest BCUT2D eigenvalue weighted by atomic mass is 35.5. The van der Waals surface area contributed by atoms with E-state index in [2.05, 4.69) is 14.9 Å². The fourth-order valence-corrected chi connectivity index (χ4v) is 3.31. The van der Waals surface area contributed by atoms with Crippen LogP contribution in [-0.2, 0) is 19.7 Å². The molecule has 3 rings (SSSR count). The van der Waals surface area contributed by atoms with E-state index < -0.39 is 0 Å². The third-order valence-corrected chi connectivity index (χ3v) is 4.86. The molecule has 0 aliphatic heterocycles. The van der Waals surface area contributed by atoms with Crippen molar-refractivity contribution in [1.82, 2.24) is 14.9 Å². The minimum absolute atomic E-state index is 0.392. The summed E-state index contributed by atoms with van der Waals surface area (Å²) >= 11 is 12.4. The second-order valence-electron chi connectivity index (χ2n) is 6.58. The van der Waals surface area contributed by atoms with Gasteiger partial charge in [-0.15, -0.1) is 0 Å². The predicted octanol–water partition coefficient (Wildman–Crippen LogP) is 5.35. The zero-order valence-electron chi connectivity index (χ0n) is 16.4. The van der Waals surface area contributed by atoms with E-state index in [4.69, 9.17) is 32.7 Å². The summed E-state index contributed by atoms with van der Waals surface area (Å²) in [6, 6.07) is 11.4. The van der Waals surface area contributed by atoms with E-state index in [1.165, 1.54) is 0 Å². The van der Waals surface area contributed by atoms with Gasteiger partial charge in [-0.3, -0.25) is 0 Å². The van der Waals surface area contributed by atoms with Crippen LogP contribution >= 0.6 is 23.2 Å². The maximum atomic E-state index is 6.51. The molecular weight excluding hydrogens is 409 g/mol. The second kappa shape index (κ2) is 11.1. The number of hydrogen-bond donors (Lipinski definition) is 1. The van der Waals surface area contributed by atoms with E-state index in [0.717, 1.165) is 30.6 Å². The van der Waals surface area contributed by atoms with Crippen LogP contribution in [0.2, 0.25) is 10.0 Å². The van der Waals surface area contributed by atoms with Crippen molar-refractivity contribution in [1.29, 1.82) is 0 Å². The van der Waals surface area contributed by atoms with Crippen molar-refractivity contribution < 1.29 is 9.47 Å². The number of benzene rings is 2. The molecule has 7 heteroatoms. The van der Waals surface area contributed by atoms with Gasteiger partial charge in [-0.05, 0) is 55.3 Å². The molecule has 0 amide bonds. The van der Waals surface area contributed by atoms with Gasteiger partial charge in [0.15, 0.2) is 11.5 Å². The Morgan fingerprint density at radius 3 is 2.62 bits per heavy atom. The van der Waals surface area contributed by atoms with Gasteiger partial charge in [0.05, 0.1) is 18.0 Å². The van der Waals surface area contributed by atoms with Crippen LogP contribution in [0.3, 0.4) is 0 Å². The van der Waals surface area contributed by atoms with Crippen LogP contribution in [0.4, 0.5) is 0 Å². The molecule has 1 N–H and O–H groups in total. The van der Waals surface area contributed by atoms with Crippen molar-refractivity contribution in [3.8, 4) is 11.5 Å². The van der Waals surface area contributed by atoms with E-state index in [1.54, 1.807) is 6.20 Å². The van der Waals surface area contributed by atoms with Gasteiger partial charge in [-0.25, -0.2) is 4.98 Å². The first kappa shape index (κ1) is 21.5. The van der Waals surface area contributed by atoms with Crippen LogP contribution in [0.15, 0.2) is 55.1 Å². The molecule has 0 unspecified atom stereocenters. The Bertz CT molecular complexity index is 884. The van der Waals surface area contributed by atoms with Gasteiger partial charge in [-0.2, -0.15) is 0 Å². The molecule has 1 aromatic heterocycles. The summed E-state index contributed by atoms with van der Waals surface area (Å²) in [5.41, 5.74) is 2.07. The predicted molar refractivity (Wildman–Crippen MR) is 117 cm³/mol. The maximum absolute atomic E-state index is 6.51. The van der Waals surface area contributed by atoms with Crippen molar-refractivity contribution in [2.24, 2.45) is 0 Å². The van der Waals surface area contributed by atoms with Gasteiger partial charge < -0.3 is 19.4 Å². The maximum Gasteiger partial charge on any atom is 0.180 e. The van der Waals surface area contributed by atoms with Gasteiger partial charge in [0.25, 0.3) is 0 Å². The van der Waals surface area contributed by atoms with Crippen molar-refractivity contribution in [2.75, 3.05) is 13.2 Å². The minimum atomic E-state index is 0.392. The standard InChI is InChI=1S/C22H25Cl2N3O2/c1-2-28-21-13-18(14-25-8-3-10-27-11-9-26-16-27)12-20(24)22(21)29-15-17-4-6-19(23)7-5-17/h4-7,9,11-13,16,25H,2-3,8,10,14-15H2,1H3. The highest BCUT2D eigenvalue weighted by Gasteiger charge is 2.13. The molecule has 154 valence electrons. The Balaban J connectivity index is 1.57. The fraction of sp³-hybridized carbons (Fsp3) is 0.318. The molecule has 0 atom stereocenters. The number of imidazole rings is 1. The Labute approximate surface area is 181 Å². The molecular formula is C22H25Cl2N3O2. The highest BCUT2D eigenvalue weighted by Crippen LogP contribution is 2.37. The Kier molecular flexibility index (Phi) is 8.23. The number of aromatic nitrogens is 2. The molecule has 0 fully saturated rings. The summed E-state index contributed by atoms with van der Waals surface area (Å²) in [6.45, 7) is 5.42. The number of nitrogens with one attached hydrogen (secondary N) is 1. The quantitative estimate of drug-likeness (QED) is 0.414. The molecule has 0 spiro atoms. The molecule has 29 heavy (non-hydrogen) atoms. The first-order valence-electron chi connectivity index (χ1n) is 9.64. The van der Waals surface area contributed by atoms with Crippen LogP contribution in [-0.4, -0.2) is 22.7 Å². The summed E-state index contributed by atoms with van der Waals surface area (Å²) < 4.78 is 13.8. The number of aryl methyl sites for hydroxylation is 1. The average molecular weight is 434 g/mol. The molecule has 0 aliphatic rings. The highest BCUT2D eigenvalue weighted by molar-refractivity contribution is 6.32. The number of halogens is 2. The van der Waals surface area contributed by atoms with E-state index in [1.807, 2.05) is 55.8 Å². The van der Waals surface area contributed by atoms with Crippen LogP contribution in [0.5, 0.6) is 11.5 Å². The van der Waals surface area contributed by atoms with Gasteiger partial charge in [0.2, 0.25) is 0 Å². The monoisotopic (exact) mass is 433 g/mol. The average Bonchev–Trinajstić information content (AvgIpc) is 3.22. The molecule has 0 radical (unpaired) electrons. The molecule has 0 aliphatic carbocycles. The number of ether oxygens (including phenoxy) is 2. The molecule has 5 nitrogen and oxygen atoms in total. The smallest absolute Gasteiger partial charge is 0.180 e. The van der Waals surface area contributed by atoms with Crippen molar-refractivity contribution in [2.45, 2.75) is 33.0 Å². The van der Waals surface area contributed by atoms with E-state index in [9.17, 15) is 0 Å². The summed E-state index contributed by atoms with van der Waals surface area (Å²) in [4.78, 5) is 4.05. The van der Waals surface area contributed by atoms with Gasteiger partial charge in [0.1, 0.15) is 6.61 Å². The van der Waals surface area contributed by atoms with Crippen LogP contribution in [0.1, 0.15) is 24.5 Å². The summed E-state index contributed by atoms with van der Waals surface area (Å²) in [5, 5.41) is 4.68. The minimum Gasteiger partial charge on any atom is -0.490 e. The van der Waals surface area contributed by atoms with Crippen molar-refractivity contribution in [3.05, 3.63) is 76.3 Å². The lowest BCUT2D eigenvalue weighted by Gasteiger charge is -2.16. The lowest BCUT2D eigenvalue weighted by Crippen LogP contribution is -2.16. The topological polar surface area (TPSA) is 48.3 Å². The van der Waals surface area contributed by atoms with E-state index >= 15 is 0 Å². The molecule has 0 saturated carbocycles. The van der Waals surface area contributed by atoms with Crippen LogP contribution in [0.25, 0.3) is 0 Å². The van der Waals surface area contributed by atoms with E-state index in [0.29, 0.717) is 41.3 Å². The van der Waals surface area contributed by atoms with Crippen molar-refractivity contribution >= 4 is 23.2 Å². The summed E-state index contributed by atoms with van der Waals surface area (Å²) in [7, 11) is 0. The first-order valence-corrected chi connectivity index (χ1v) is 10.4. The lowest BCUT2D eigenvalue weighted by atomic mass is 10.2. The lowest BCUT2D eigenvalue weighted by molar-refractivity contribution is 0.269. The van der Waals surface area contributed by atoms with Crippen LogP contribution < -0.4 is 14.8 Å². The molecule has 0 saturated heterocycles. The SMILES string of the molecule is CCOc1cc(CNCCCn2ccnc2)cc(Cl)c1OCc1ccc(Cl)cc1. The van der Waals surface area contributed by atoms with Gasteiger partial charge >= 0.3 is 0 Å². The van der Waals surface area contributed by atoms with Crippen LogP contribution in [0, 0.1) is 0 Å². The molecule has 1 heterocycles. The molecule has 3 aromatic rings. The zero-order chi connectivity index (χ0) is 20.5. The third kappa shape index (κ3) is 6.67. The Morgan fingerprint density at radius 1 is 1.07 bits per heavy atom. The molecule has 0 bridgehead atoms. The number of hydrogen-bond acceptors (Lipinski definition) is 4. The number of nitrogens with zero attached hydrogens (tertiary/aromatic N) is 2. The number of rotatable bonds is 11. The van der Waals surface area contributed by atoms with Crippen molar-refractivity contribution in [3.63, 3.8) is 0 Å². The summed E-state index contributed by atoms with van der Waals surface area (Å²) in [6.07, 6.45) is 6.61. The summed E-state index contributed by atoms with van der Waals surface area (Å²) in [5.74, 6) is 1.22. The van der Waals surface area contributed by atoms with Gasteiger partial charge in [-0.1, -0.05) is 35.3 Å². The normalized spacial score (nSPS) is 10.9. The van der Waals surface area contributed by atoms with Gasteiger partial charge in [0, 0.05) is 30.5 Å². The fourth-order valence-electron chi connectivity index (χ4n) is 2.90. The van der Waals surface area contributed by atoms with E-state index in [-0.39, 0.29) is 0 Å². The zero-order valence-corrected chi connectivity index (χ0v) is 17.9. The third-order valence-electron chi connectivity index (χ3n) is 4.32. The largest absolute Gasteiger partial charge is 0.490 e. The second-order valence-corrected chi connectivity index (χ2v) is 7.43.